The molecule has 3 N–H and O–H groups in total. The van der Waals surface area contributed by atoms with Crippen molar-refractivity contribution >= 4 is 27.7 Å². The van der Waals surface area contributed by atoms with E-state index in [1.54, 1.807) is 13.8 Å². The first-order valence-electron chi connectivity index (χ1n) is 8.65. The fourth-order valence-electron chi connectivity index (χ4n) is 2.92. The number of hydrogen-bond donors (Lipinski definition) is 2. The molecule has 1 heterocycles. The largest absolute Gasteiger partial charge is 0.495 e. The number of methoxy groups -OCH3 is 2. The minimum atomic E-state index is -4.16. The Labute approximate surface area is 173 Å². The maximum absolute atomic E-state index is 12.7. The van der Waals surface area contributed by atoms with Crippen LogP contribution in [0, 0.1) is 13.8 Å². The minimum Gasteiger partial charge on any atom is -0.495 e. The van der Waals surface area contributed by atoms with Crippen LogP contribution in [0.15, 0.2) is 23.1 Å². The van der Waals surface area contributed by atoms with Gasteiger partial charge in [0.05, 0.1) is 31.0 Å². The molecule has 0 saturated heterocycles. The normalized spacial score (nSPS) is 12.2. The van der Waals surface area contributed by atoms with Gasteiger partial charge in [0.15, 0.2) is 6.10 Å². The molecule has 162 valence electrons. The molecule has 0 amide bonds. The van der Waals surface area contributed by atoms with Gasteiger partial charge in [-0.15, -0.1) is 0 Å². The van der Waals surface area contributed by atoms with Crippen molar-refractivity contribution < 1.29 is 37.0 Å². The summed E-state index contributed by atoms with van der Waals surface area (Å²) in [6, 6.07) is 3.55. The second-order valence-electron chi connectivity index (χ2n) is 6.44. The molecule has 0 radical (unpaired) electrons. The summed E-state index contributed by atoms with van der Waals surface area (Å²) < 4.78 is 38.2. The van der Waals surface area contributed by atoms with Gasteiger partial charge in [-0.2, -0.15) is 0 Å². The molecule has 2 aromatic rings. The van der Waals surface area contributed by atoms with Crippen molar-refractivity contribution in [3.63, 3.8) is 0 Å². The number of aromatic amines is 1. The maximum Gasteiger partial charge on any atom is 0.339 e. The molecule has 10 nitrogen and oxygen atoms in total. The molecule has 0 aliphatic carbocycles. The first-order valence-corrected chi connectivity index (χ1v) is 10.2. The van der Waals surface area contributed by atoms with Gasteiger partial charge in [0.1, 0.15) is 10.6 Å². The van der Waals surface area contributed by atoms with Crippen molar-refractivity contribution in [1.29, 1.82) is 0 Å². The van der Waals surface area contributed by atoms with Gasteiger partial charge in [0.2, 0.25) is 15.8 Å². The molecule has 0 saturated carbocycles. The quantitative estimate of drug-likeness (QED) is 0.487. The molecule has 30 heavy (non-hydrogen) atoms. The van der Waals surface area contributed by atoms with Gasteiger partial charge < -0.3 is 19.2 Å². The van der Waals surface area contributed by atoms with Crippen LogP contribution in [0.1, 0.15) is 49.4 Å². The Hall–Kier alpha value is -3.18. The third-order valence-corrected chi connectivity index (χ3v) is 5.36. The Kier molecular flexibility index (Phi) is 6.68. The summed E-state index contributed by atoms with van der Waals surface area (Å²) in [6.45, 7) is 4.54. The zero-order valence-corrected chi connectivity index (χ0v) is 17.9. The van der Waals surface area contributed by atoms with Gasteiger partial charge in [-0.25, -0.2) is 23.1 Å². The van der Waals surface area contributed by atoms with Crippen LogP contribution in [0.4, 0.5) is 0 Å². The van der Waals surface area contributed by atoms with E-state index >= 15 is 0 Å². The lowest BCUT2D eigenvalue weighted by Crippen LogP contribution is -2.25. The molecule has 0 spiro atoms. The molecule has 1 aromatic carbocycles. The number of carbonyl (C=O) groups is 3. The van der Waals surface area contributed by atoms with Crippen LogP contribution in [-0.4, -0.2) is 51.4 Å². The van der Waals surface area contributed by atoms with Crippen molar-refractivity contribution in [3.05, 3.63) is 46.3 Å². The fourth-order valence-corrected chi connectivity index (χ4v) is 3.64. The molecular weight excluding hydrogens is 416 g/mol. The van der Waals surface area contributed by atoms with Gasteiger partial charge >= 0.3 is 11.9 Å². The van der Waals surface area contributed by atoms with Crippen molar-refractivity contribution in [2.75, 3.05) is 14.2 Å². The second-order valence-corrected chi connectivity index (χ2v) is 7.97. The van der Waals surface area contributed by atoms with Gasteiger partial charge in [-0.1, -0.05) is 0 Å². The Morgan fingerprint density at radius 3 is 2.27 bits per heavy atom. The molecule has 11 heteroatoms. The second kappa shape index (κ2) is 8.67. The Morgan fingerprint density at radius 2 is 1.73 bits per heavy atom. The topological polar surface area (TPSA) is 155 Å². The van der Waals surface area contributed by atoms with E-state index in [2.05, 4.69) is 4.98 Å². The van der Waals surface area contributed by atoms with E-state index in [1.807, 2.05) is 0 Å². The average Bonchev–Trinajstić information content (AvgIpc) is 2.99. The van der Waals surface area contributed by atoms with E-state index in [4.69, 9.17) is 19.3 Å². The number of carbonyl (C=O) groups excluding carboxylic acids is 3. The van der Waals surface area contributed by atoms with Gasteiger partial charge in [0.25, 0.3) is 0 Å². The summed E-state index contributed by atoms with van der Waals surface area (Å²) in [4.78, 5) is 39.5. The van der Waals surface area contributed by atoms with E-state index in [-0.39, 0.29) is 22.6 Å². The van der Waals surface area contributed by atoms with E-state index in [1.165, 1.54) is 33.3 Å². The number of esters is 2. The average molecular weight is 438 g/mol. The Balaban J connectivity index is 2.29. The van der Waals surface area contributed by atoms with Crippen molar-refractivity contribution in [3.8, 4) is 5.75 Å². The van der Waals surface area contributed by atoms with Crippen LogP contribution >= 0.6 is 0 Å². The number of aromatic nitrogens is 1. The van der Waals surface area contributed by atoms with Crippen LogP contribution in [0.5, 0.6) is 5.75 Å². The fraction of sp³-hybridized carbons (Fsp3) is 0.316. The SMILES string of the molecule is COC(=O)c1c(C)[nH]c(C(=O)[C@@H](C)OC(=O)c2ccc(OC)c(S(N)(=O)=O)c2)c1C. The lowest BCUT2D eigenvalue weighted by Gasteiger charge is -2.13. The van der Waals surface area contributed by atoms with Crippen molar-refractivity contribution in [1.82, 2.24) is 4.98 Å². The highest BCUT2D eigenvalue weighted by Gasteiger charge is 2.28. The zero-order valence-electron chi connectivity index (χ0n) is 17.1. The number of rotatable bonds is 7. The molecule has 0 fully saturated rings. The van der Waals surface area contributed by atoms with E-state index in [9.17, 15) is 22.8 Å². The van der Waals surface area contributed by atoms with Crippen LogP contribution in [-0.2, 0) is 19.5 Å². The Morgan fingerprint density at radius 1 is 1.10 bits per heavy atom. The summed E-state index contributed by atoms with van der Waals surface area (Å²) in [6.07, 6.45) is -1.22. The number of primary sulfonamides is 1. The predicted octanol–water partition coefficient (Wildman–Crippen LogP) is 1.50. The first-order chi connectivity index (χ1) is 13.9. The van der Waals surface area contributed by atoms with E-state index in [0.717, 1.165) is 6.07 Å². The lowest BCUT2D eigenvalue weighted by molar-refractivity contribution is 0.0316. The number of ether oxygens (including phenoxy) is 3. The highest BCUT2D eigenvalue weighted by Crippen LogP contribution is 2.25. The number of benzene rings is 1. The number of nitrogens with two attached hydrogens (primary N) is 1. The minimum absolute atomic E-state index is 0.0361. The molecule has 0 bridgehead atoms. The van der Waals surface area contributed by atoms with E-state index in [0.29, 0.717) is 11.3 Å². The summed E-state index contributed by atoms with van der Waals surface area (Å²) in [5, 5.41) is 5.14. The summed E-state index contributed by atoms with van der Waals surface area (Å²) in [5.74, 6) is -2.14. The van der Waals surface area contributed by atoms with Crippen LogP contribution in [0.3, 0.4) is 0 Å². The first kappa shape index (κ1) is 23.1. The molecular formula is C19H22N2O8S. The summed E-state index contributed by atoms with van der Waals surface area (Å²) in [5.41, 5.74) is 1.01. The smallest absolute Gasteiger partial charge is 0.339 e. The predicted molar refractivity (Wildman–Crippen MR) is 105 cm³/mol. The van der Waals surface area contributed by atoms with Gasteiger partial charge in [0, 0.05) is 5.69 Å². The zero-order chi connectivity index (χ0) is 22.8. The van der Waals surface area contributed by atoms with Crippen LogP contribution in [0.2, 0.25) is 0 Å². The van der Waals surface area contributed by atoms with Crippen molar-refractivity contribution in [2.24, 2.45) is 5.14 Å². The third-order valence-electron chi connectivity index (χ3n) is 4.43. The number of Topliss-reactive ketones (excluding diaryl/α,β-unsaturated/α-hetero) is 1. The molecule has 0 aliphatic heterocycles. The van der Waals surface area contributed by atoms with Gasteiger partial charge in [-0.05, 0) is 44.5 Å². The molecule has 1 atom stereocenters. The number of ketones is 1. The number of sulfonamides is 1. The number of nitrogens with one attached hydrogen (secondary N) is 1. The van der Waals surface area contributed by atoms with Crippen molar-refractivity contribution in [2.45, 2.75) is 31.8 Å². The lowest BCUT2D eigenvalue weighted by atomic mass is 10.1. The maximum atomic E-state index is 12.7. The summed E-state index contributed by atoms with van der Waals surface area (Å²) >= 11 is 0. The van der Waals surface area contributed by atoms with Gasteiger partial charge in [-0.3, -0.25) is 4.79 Å². The van der Waals surface area contributed by atoms with Crippen LogP contribution < -0.4 is 9.88 Å². The van der Waals surface area contributed by atoms with E-state index < -0.39 is 38.7 Å². The monoisotopic (exact) mass is 438 g/mol. The standard InChI is InChI=1S/C19H22N2O8S/c1-9-15(19(24)28-5)10(2)21-16(9)17(22)11(3)29-18(23)12-6-7-13(27-4)14(8-12)30(20,25)26/h6-8,11,21H,1-5H3,(H2,20,25,26)/t11-/m1/s1. The number of hydrogen-bond acceptors (Lipinski definition) is 8. The Bertz CT molecular complexity index is 1120. The molecule has 0 unspecified atom stereocenters. The number of aryl methyl sites for hydroxylation is 1. The molecule has 1 aromatic heterocycles. The highest BCUT2D eigenvalue weighted by atomic mass is 32.2. The molecule has 0 aliphatic rings. The molecule has 2 rings (SSSR count). The third kappa shape index (κ3) is 4.52. The number of H-pyrrole nitrogens is 1. The summed E-state index contributed by atoms with van der Waals surface area (Å²) in [7, 11) is -1.67. The van der Waals surface area contributed by atoms with Crippen LogP contribution in [0.25, 0.3) is 0 Å². The highest BCUT2D eigenvalue weighted by molar-refractivity contribution is 7.89.